The Labute approximate surface area is 168 Å². The van der Waals surface area contributed by atoms with E-state index in [9.17, 15) is 4.39 Å². The average molecular weight is 385 g/mol. The third kappa shape index (κ3) is 6.02. The van der Waals surface area contributed by atoms with Crippen LogP contribution in [0.5, 0.6) is 5.88 Å². The molecule has 3 rings (SSSR count). The zero-order chi connectivity index (χ0) is 19.8. The van der Waals surface area contributed by atoms with Crippen LogP contribution in [0.4, 0.5) is 4.39 Å². The topological polar surface area (TPSA) is 35.0 Å². The van der Waals surface area contributed by atoms with E-state index in [0.29, 0.717) is 23.7 Å². The largest absolute Gasteiger partial charge is 0.477 e. The quantitative estimate of drug-likeness (QED) is 0.456. The third-order valence-electron chi connectivity index (χ3n) is 5.92. The summed E-state index contributed by atoms with van der Waals surface area (Å²) in [6, 6.07) is 9.08. The Balaban J connectivity index is 1.54. The number of rotatable bonds is 9. The van der Waals surface area contributed by atoms with Gasteiger partial charge >= 0.3 is 0 Å². The highest BCUT2D eigenvalue weighted by atomic mass is 19.1. The molecule has 0 spiro atoms. The van der Waals surface area contributed by atoms with Gasteiger partial charge in [-0.2, -0.15) is 0 Å². The van der Waals surface area contributed by atoms with Gasteiger partial charge in [0.15, 0.2) is 0 Å². The monoisotopic (exact) mass is 384 g/mol. The van der Waals surface area contributed by atoms with Gasteiger partial charge in [-0.15, -0.1) is 10.2 Å². The van der Waals surface area contributed by atoms with Gasteiger partial charge in [0.2, 0.25) is 5.88 Å². The number of halogens is 1. The van der Waals surface area contributed by atoms with Crippen molar-refractivity contribution in [2.24, 2.45) is 11.8 Å². The van der Waals surface area contributed by atoms with Crippen LogP contribution in [0.2, 0.25) is 0 Å². The van der Waals surface area contributed by atoms with Gasteiger partial charge in [0.25, 0.3) is 0 Å². The van der Waals surface area contributed by atoms with Crippen molar-refractivity contribution < 1.29 is 9.13 Å². The Bertz CT molecular complexity index is 724. The summed E-state index contributed by atoms with van der Waals surface area (Å²) in [4.78, 5) is 0. The predicted molar refractivity (Wildman–Crippen MR) is 112 cm³/mol. The molecule has 0 saturated heterocycles. The predicted octanol–water partition coefficient (Wildman–Crippen LogP) is 6.61. The first kappa shape index (κ1) is 20.8. The van der Waals surface area contributed by atoms with E-state index in [4.69, 9.17) is 4.74 Å². The second-order valence-corrected chi connectivity index (χ2v) is 8.29. The fourth-order valence-corrected chi connectivity index (χ4v) is 3.98. The van der Waals surface area contributed by atoms with Crippen LogP contribution >= 0.6 is 0 Å². The number of unbranched alkanes of at least 4 members (excludes halogenated alkanes) is 2. The molecular formula is C24H33FN2O. The van der Waals surface area contributed by atoms with Gasteiger partial charge in [0, 0.05) is 11.6 Å². The molecule has 0 unspecified atom stereocenters. The molecule has 0 bridgehead atoms. The van der Waals surface area contributed by atoms with Gasteiger partial charge in [0.1, 0.15) is 5.82 Å². The molecule has 1 aliphatic carbocycles. The lowest BCUT2D eigenvalue weighted by atomic mass is 9.80. The summed E-state index contributed by atoms with van der Waals surface area (Å²) < 4.78 is 20.2. The molecule has 152 valence electrons. The molecule has 0 atom stereocenters. The standard InChI is InChI=1S/C24H33FN2O/c1-3-4-5-16-28-24-15-14-23(26-27-24)21-13-12-20(17-22(21)25)11-10-19-8-6-18(2)7-9-19/h12-15,17-19H,3-11,16H2,1-2H3. The van der Waals surface area contributed by atoms with Crippen molar-refractivity contribution in [3.05, 3.63) is 41.7 Å². The van der Waals surface area contributed by atoms with E-state index in [1.54, 1.807) is 18.2 Å². The van der Waals surface area contributed by atoms with E-state index < -0.39 is 0 Å². The molecule has 0 amide bonds. The van der Waals surface area contributed by atoms with Crippen molar-refractivity contribution in [1.29, 1.82) is 0 Å². The van der Waals surface area contributed by atoms with Gasteiger partial charge in [0.05, 0.1) is 12.3 Å². The van der Waals surface area contributed by atoms with Gasteiger partial charge < -0.3 is 4.74 Å². The number of nitrogens with zero attached hydrogens (tertiary/aromatic N) is 2. The number of hydrogen-bond donors (Lipinski definition) is 0. The zero-order valence-corrected chi connectivity index (χ0v) is 17.3. The smallest absolute Gasteiger partial charge is 0.233 e. The Morgan fingerprint density at radius 2 is 1.86 bits per heavy atom. The summed E-state index contributed by atoms with van der Waals surface area (Å²) in [5, 5.41) is 8.23. The van der Waals surface area contributed by atoms with Gasteiger partial charge in [-0.3, -0.25) is 0 Å². The maximum absolute atomic E-state index is 14.6. The molecule has 1 fully saturated rings. The Hall–Kier alpha value is -1.97. The van der Waals surface area contributed by atoms with E-state index in [0.717, 1.165) is 49.5 Å². The molecule has 4 heteroatoms. The second kappa shape index (κ2) is 10.5. The number of aromatic nitrogens is 2. The van der Waals surface area contributed by atoms with Crippen LogP contribution in [0.1, 0.15) is 70.8 Å². The molecule has 0 aliphatic heterocycles. The zero-order valence-electron chi connectivity index (χ0n) is 17.3. The van der Waals surface area contributed by atoms with Gasteiger partial charge in [-0.1, -0.05) is 58.4 Å². The van der Waals surface area contributed by atoms with E-state index >= 15 is 0 Å². The van der Waals surface area contributed by atoms with Crippen molar-refractivity contribution >= 4 is 0 Å². The lowest BCUT2D eigenvalue weighted by Gasteiger charge is -2.26. The number of benzene rings is 1. The average Bonchev–Trinajstić information content (AvgIpc) is 2.71. The minimum atomic E-state index is -0.222. The summed E-state index contributed by atoms with van der Waals surface area (Å²) >= 11 is 0. The molecule has 3 nitrogen and oxygen atoms in total. The molecular weight excluding hydrogens is 351 g/mol. The maximum atomic E-state index is 14.6. The van der Waals surface area contributed by atoms with Crippen molar-refractivity contribution in [2.75, 3.05) is 6.61 Å². The summed E-state index contributed by atoms with van der Waals surface area (Å²) in [5.41, 5.74) is 2.12. The highest BCUT2D eigenvalue weighted by Crippen LogP contribution is 2.31. The highest BCUT2D eigenvalue weighted by molar-refractivity contribution is 5.60. The SMILES string of the molecule is CCCCCOc1ccc(-c2ccc(CCC3CCC(C)CC3)cc2F)nn1. The summed E-state index contributed by atoms with van der Waals surface area (Å²) in [6.07, 6.45) is 10.8. The van der Waals surface area contributed by atoms with Crippen LogP contribution in [-0.4, -0.2) is 16.8 Å². The summed E-state index contributed by atoms with van der Waals surface area (Å²) in [7, 11) is 0. The highest BCUT2D eigenvalue weighted by Gasteiger charge is 2.18. The molecule has 1 aromatic heterocycles. The molecule has 1 saturated carbocycles. The molecule has 1 heterocycles. The van der Waals surface area contributed by atoms with Crippen molar-refractivity contribution in [3.63, 3.8) is 0 Å². The third-order valence-corrected chi connectivity index (χ3v) is 5.92. The lowest BCUT2D eigenvalue weighted by molar-refractivity contribution is 0.277. The van der Waals surface area contributed by atoms with E-state index in [1.165, 1.54) is 25.7 Å². The first-order valence-corrected chi connectivity index (χ1v) is 10.9. The number of ether oxygens (including phenoxy) is 1. The first-order chi connectivity index (χ1) is 13.7. The summed E-state index contributed by atoms with van der Waals surface area (Å²) in [5.74, 6) is 1.95. The van der Waals surface area contributed by atoms with Crippen LogP contribution in [0, 0.1) is 17.7 Å². The maximum Gasteiger partial charge on any atom is 0.233 e. The normalized spacial score (nSPS) is 19.5. The molecule has 0 N–H and O–H groups in total. The van der Waals surface area contributed by atoms with E-state index in [-0.39, 0.29) is 5.82 Å². The van der Waals surface area contributed by atoms with Crippen molar-refractivity contribution in [3.8, 4) is 17.1 Å². The van der Waals surface area contributed by atoms with Crippen LogP contribution in [0.3, 0.4) is 0 Å². The number of hydrogen-bond acceptors (Lipinski definition) is 3. The van der Waals surface area contributed by atoms with Crippen LogP contribution in [-0.2, 0) is 6.42 Å². The molecule has 1 aromatic carbocycles. The fourth-order valence-electron chi connectivity index (χ4n) is 3.98. The molecule has 1 aliphatic rings. The summed E-state index contributed by atoms with van der Waals surface area (Å²) in [6.45, 7) is 5.15. The Morgan fingerprint density at radius 1 is 1.04 bits per heavy atom. The second-order valence-electron chi connectivity index (χ2n) is 8.29. The van der Waals surface area contributed by atoms with Crippen LogP contribution < -0.4 is 4.74 Å². The fraction of sp³-hybridized carbons (Fsp3) is 0.583. The van der Waals surface area contributed by atoms with E-state index in [1.807, 2.05) is 12.1 Å². The Morgan fingerprint density at radius 3 is 2.54 bits per heavy atom. The molecule has 28 heavy (non-hydrogen) atoms. The van der Waals surface area contributed by atoms with Gasteiger partial charge in [-0.05, 0) is 54.9 Å². The first-order valence-electron chi connectivity index (χ1n) is 10.9. The van der Waals surface area contributed by atoms with E-state index in [2.05, 4.69) is 24.0 Å². The minimum absolute atomic E-state index is 0.222. The minimum Gasteiger partial charge on any atom is -0.477 e. The van der Waals surface area contributed by atoms with Crippen LogP contribution in [0.25, 0.3) is 11.3 Å². The van der Waals surface area contributed by atoms with Crippen molar-refractivity contribution in [2.45, 2.75) is 71.6 Å². The van der Waals surface area contributed by atoms with Crippen LogP contribution in [0.15, 0.2) is 30.3 Å². The van der Waals surface area contributed by atoms with Gasteiger partial charge in [-0.25, -0.2) is 4.39 Å². The Kier molecular flexibility index (Phi) is 7.81. The lowest BCUT2D eigenvalue weighted by Crippen LogP contribution is -2.12. The molecule has 0 radical (unpaired) electrons. The van der Waals surface area contributed by atoms with Crippen molar-refractivity contribution in [1.82, 2.24) is 10.2 Å². The number of aryl methyl sites for hydroxylation is 1. The molecule has 2 aromatic rings.